The highest BCUT2D eigenvalue weighted by Gasteiger charge is 2.22. The van der Waals surface area contributed by atoms with E-state index in [1.807, 2.05) is 5.48 Å². The Bertz CT molecular complexity index is 491. The van der Waals surface area contributed by atoms with Crippen molar-refractivity contribution in [2.75, 3.05) is 6.61 Å². The Labute approximate surface area is 134 Å². The van der Waals surface area contributed by atoms with Crippen molar-refractivity contribution in [1.29, 1.82) is 0 Å². The number of carbonyl (C=O) groups excluding carboxylic acids is 1. The van der Waals surface area contributed by atoms with Crippen LogP contribution in [0.4, 0.5) is 4.79 Å². The fourth-order valence-corrected chi connectivity index (χ4v) is 2.15. The first-order valence-corrected chi connectivity index (χ1v) is 6.51. The predicted molar refractivity (Wildman–Crippen MR) is 76.8 cm³/mol. The summed E-state index contributed by atoms with van der Waals surface area (Å²) in [7, 11) is 0. The fraction of sp³-hybridized carbons (Fsp3) is 0.100. The molecule has 0 aliphatic carbocycles. The number of halogens is 5. The molecule has 0 atom stereocenters. The van der Waals surface area contributed by atoms with E-state index in [0.717, 1.165) is 0 Å². The van der Waals surface area contributed by atoms with Crippen molar-refractivity contribution < 1.29 is 14.4 Å². The van der Waals surface area contributed by atoms with Gasteiger partial charge in [0.1, 0.15) is 10.0 Å². The van der Waals surface area contributed by atoms with Crippen molar-refractivity contribution in [3.8, 4) is 5.75 Å². The van der Waals surface area contributed by atoms with Crippen molar-refractivity contribution in [3.63, 3.8) is 0 Å². The predicted octanol–water partition coefficient (Wildman–Crippen LogP) is 5.16. The first kappa shape index (κ1) is 16.7. The lowest BCUT2D eigenvalue weighted by molar-refractivity contribution is 0.0629. The van der Waals surface area contributed by atoms with Crippen molar-refractivity contribution in [2.24, 2.45) is 0 Å². The normalized spacial score (nSPS) is 10.2. The molecule has 19 heavy (non-hydrogen) atoms. The van der Waals surface area contributed by atoms with Gasteiger partial charge < -0.3 is 4.74 Å². The molecule has 1 aromatic rings. The van der Waals surface area contributed by atoms with Gasteiger partial charge >= 0.3 is 6.09 Å². The van der Waals surface area contributed by atoms with E-state index in [-0.39, 0.29) is 37.5 Å². The Morgan fingerprint density at radius 3 is 2.00 bits per heavy atom. The van der Waals surface area contributed by atoms with Crippen LogP contribution in [0.2, 0.25) is 25.1 Å². The summed E-state index contributed by atoms with van der Waals surface area (Å²) in [4.78, 5) is 16.0. The van der Waals surface area contributed by atoms with Crippen molar-refractivity contribution in [1.82, 2.24) is 5.48 Å². The van der Waals surface area contributed by atoms with Gasteiger partial charge in [-0.05, 0) is 0 Å². The zero-order valence-corrected chi connectivity index (χ0v) is 12.9. The summed E-state index contributed by atoms with van der Waals surface area (Å²) in [5, 5.41) is -0.464. The smallest absolute Gasteiger partial charge is 0.406 e. The second-order valence-corrected chi connectivity index (χ2v) is 4.88. The molecular formula is C10H6Cl5NO3. The molecule has 0 saturated heterocycles. The maximum absolute atomic E-state index is 11.4. The quantitative estimate of drug-likeness (QED) is 0.264. The van der Waals surface area contributed by atoms with Crippen LogP contribution in [0.5, 0.6) is 5.75 Å². The Morgan fingerprint density at radius 2 is 1.53 bits per heavy atom. The highest BCUT2D eigenvalue weighted by Crippen LogP contribution is 2.48. The van der Waals surface area contributed by atoms with Crippen molar-refractivity contribution in [2.45, 2.75) is 0 Å². The van der Waals surface area contributed by atoms with Gasteiger partial charge in [-0.25, -0.2) is 4.79 Å². The number of benzene rings is 1. The molecule has 1 N–H and O–H groups in total. The molecule has 4 nitrogen and oxygen atoms in total. The zero-order valence-electron chi connectivity index (χ0n) is 9.11. The van der Waals surface area contributed by atoms with E-state index in [1.54, 1.807) is 0 Å². The average molecular weight is 365 g/mol. The van der Waals surface area contributed by atoms with E-state index in [2.05, 4.69) is 11.4 Å². The zero-order chi connectivity index (χ0) is 14.6. The first-order chi connectivity index (χ1) is 8.90. The minimum Gasteiger partial charge on any atom is -0.406 e. The third-order valence-electron chi connectivity index (χ3n) is 1.72. The van der Waals surface area contributed by atoms with Crippen LogP contribution >= 0.6 is 58.0 Å². The van der Waals surface area contributed by atoms with Crippen LogP contribution in [0.25, 0.3) is 0 Å². The van der Waals surface area contributed by atoms with Gasteiger partial charge in [-0.2, -0.15) is 5.48 Å². The number of ether oxygens (including phenoxy) is 1. The second kappa shape index (κ2) is 7.43. The SMILES string of the molecule is C=CCONC(=O)Oc1c(Cl)c(Cl)c(Cl)c(Cl)c1Cl. The Kier molecular flexibility index (Phi) is 6.53. The molecule has 0 aromatic heterocycles. The van der Waals surface area contributed by atoms with Crippen molar-refractivity contribution in [3.05, 3.63) is 37.8 Å². The van der Waals surface area contributed by atoms with Crippen LogP contribution < -0.4 is 10.2 Å². The van der Waals surface area contributed by atoms with Gasteiger partial charge in [0.2, 0.25) is 0 Å². The molecule has 0 radical (unpaired) electrons. The van der Waals surface area contributed by atoms with Crippen LogP contribution in [0.15, 0.2) is 12.7 Å². The molecule has 1 amide bonds. The topological polar surface area (TPSA) is 47.6 Å². The summed E-state index contributed by atoms with van der Waals surface area (Å²) in [6.07, 6.45) is 0.469. The Morgan fingerprint density at radius 1 is 1.05 bits per heavy atom. The minimum absolute atomic E-state index is 0.0333. The summed E-state index contributed by atoms with van der Waals surface area (Å²) in [6, 6.07) is 0. The lowest BCUT2D eigenvalue weighted by atomic mass is 10.3. The van der Waals surface area contributed by atoms with Crippen LogP contribution in [-0.2, 0) is 4.84 Å². The molecule has 0 spiro atoms. The monoisotopic (exact) mass is 363 g/mol. The van der Waals surface area contributed by atoms with Crippen LogP contribution in [0.1, 0.15) is 0 Å². The number of amides is 1. The Balaban J connectivity index is 2.95. The van der Waals surface area contributed by atoms with E-state index in [1.165, 1.54) is 6.08 Å². The van der Waals surface area contributed by atoms with Gasteiger partial charge in [0, 0.05) is 0 Å². The van der Waals surface area contributed by atoms with Gasteiger partial charge in [-0.15, -0.1) is 6.58 Å². The van der Waals surface area contributed by atoms with Gasteiger partial charge in [0.15, 0.2) is 5.75 Å². The number of hydrogen-bond acceptors (Lipinski definition) is 3. The Hall–Kier alpha value is -0.360. The van der Waals surface area contributed by atoms with Gasteiger partial charge in [-0.1, -0.05) is 64.1 Å². The van der Waals surface area contributed by atoms with Crippen LogP contribution in [0, 0.1) is 0 Å². The maximum Gasteiger partial charge on any atom is 0.436 e. The van der Waals surface area contributed by atoms with Crippen LogP contribution in [0.3, 0.4) is 0 Å². The summed E-state index contributed by atoms with van der Waals surface area (Å²) in [6.45, 7) is 3.49. The third-order valence-corrected chi connectivity index (χ3v) is 3.96. The molecule has 0 aliphatic rings. The number of hydroxylamine groups is 1. The molecular weight excluding hydrogens is 359 g/mol. The lowest BCUT2D eigenvalue weighted by Gasteiger charge is -2.12. The van der Waals surface area contributed by atoms with E-state index >= 15 is 0 Å². The summed E-state index contributed by atoms with van der Waals surface area (Å²) in [5.74, 6) is -0.220. The molecule has 0 heterocycles. The summed E-state index contributed by atoms with van der Waals surface area (Å²) >= 11 is 29.1. The minimum atomic E-state index is -0.958. The summed E-state index contributed by atoms with van der Waals surface area (Å²) in [5.41, 5.74) is 1.97. The maximum atomic E-state index is 11.4. The van der Waals surface area contributed by atoms with E-state index in [4.69, 9.17) is 62.7 Å². The second-order valence-electron chi connectivity index (χ2n) is 2.99. The van der Waals surface area contributed by atoms with Gasteiger partial charge in [0.25, 0.3) is 0 Å². The first-order valence-electron chi connectivity index (χ1n) is 4.62. The molecule has 0 fully saturated rings. The molecule has 0 unspecified atom stereocenters. The van der Waals surface area contributed by atoms with Gasteiger partial charge in [0.05, 0.1) is 21.7 Å². The standard InChI is InChI=1S/C10H6Cl5NO3/c1-2-3-18-16-10(17)19-9-7(14)5(12)4(11)6(13)8(9)15/h2H,1,3H2,(H,16,17). The number of nitrogens with one attached hydrogen (secondary N) is 1. The largest absolute Gasteiger partial charge is 0.436 e. The fourth-order valence-electron chi connectivity index (χ4n) is 0.947. The van der Waals surface area contributed by atoms with E-state index in [9.17, 15) is 4.79 Å². The highest BCUT2D eigenvalue weighted by atomic mass is 35.5. The molecule has 1 aromatic carbocycles. The molecule has 1 rings (SSSR count). The van der Waals surface area contributed by atoms with Crippen LogP contribution in [-0.4, -0.2) is 12.7 Å². The molecule has 9 heteroatoms. The van der Waals surface area contributed by atoms with Gasteiger partial charge in [-0.3, -0.25) is 4.84 Å². The lowest BCUT2D eigenvalue weighted by Crippen LogP contribution is -2.27. The van der Waals surface area contributed by atoms with E-state index in [0.29, 0.717) is 0 Å². The van der Waals surface area contributed by atoms with Crippen molar-refractivity contribution >= 4 is 64.1 Å². The third kappa shape index (κ3) is 4.05. The van der Waals surface area contributed by atoms with E-state index < -0.39 is 6.09 Å². The molecule has 104 valence electrons. The average Bonchev–Trinajstić information content (AvgIpc) is 2.39. The number of carbonyl (C=O) groups is 1. The summed E-state index contributed by atoms with van der Waals surface area (Å²) < 4.78 is 4.84. The molecule has 0 saturated carbocycles. The molecule has 0 bridgehead atoms. The number of rotatable bonds is 4. The number of hydrogen-bond donors (Lipinski definition) is 1. The molecule has 0 aliphatic heterocycles. The highest BCUT2D eigenvalue weighted by molar-refractivity contribution is 6.55.